The van der Waals surface area contributed by atoms with Crippen LogP contribution in [0.5, 0.6) is 0 Å². The fourth-order valence-corrected chi connectivity index (χ4v) is 4.69. The van der Waals surface area contributed by atoms with Crippen molar-refractivity contribution >= 4 is 5.91 Å². The molecule has 5 rings (SSSR count). The third kappa shape index (κ3) is 4.35. The number of nitrogens with zero attached hydrogens (tertiary/aromatic N) is 2. The van der Waals surface area contributed by atoms with Crippen LogP contribution in [-0.4, -0.2) is 66.8 Å². The minimum atomic E-state index is -0.525. The summed E-state index contributed by atoms with van der Waals surface area (Å²) in [5.74, 6) is 0.0389. The van der Waals surface area contributed by atoms with Crippen LogP contribution in [0.3, 0.4) is 0 Å². The Morgan fingerprint density at radius 1 is 0.806 bits per heavy atom. The van der Waals surface area contributed by atoms with Crippen molar-refractivity contribution in [1.29, 1.82) is 0 Å². The van der Waals surface area contributed by atoms with E-state index in [-0.39, 0.29) is 24.2 Å². The van der Waals surface area contributed by atoms with Gasteiger partial charge in [0.2, 0.25) is 0 Å². The summed E-state index contributed by atoms with van der Waals surface area (Å²) in [4.78, 5) is 17.5. The first-order chi connectivity index (χ1) is 15.3. The Kier molecular flexibility index (Phi) is 5.98. The van der Waals surface area contributed by atoms with Crippen molar-refractivity contribution in [3.8, 4) is 0 Å². The number of allylic oxidation sites excluding steroid dienone is 2. The first-order valence-corrected chi connectivity index (χ1v) is 11.0. The number of rotatable bonds is 4. The van der Waals surface area contributed by atoms with E-state index in [9.17, 15) is 4.79 Å². The number of fused-ring (bicyclic) bond motifs is 1. The van der Waals surface area contributed by atoms with Gasteiger partial charge in [-0.25, -0.2) is 0 Å². The number of piperazine rings is 1. The highest BCUT2D eigenvalue weighted by molar-refractivity contribution is 5.81. The Morgan fingerprint density at radius 2 is 1.39 bits per heavy atom. The molecule has 2 aliphatic heterocycles. The summed E-state index contributed by atoms with van der Waals surface area (Å²) in [6.07, 6.45) is 7.08. The van der Waals surface area contributed by atoms with E-state index in [0.29, 0.717) is 19.7 Å². The number of carbonyl (C=O) groups is 1. The first kappa shape index (κ1) is 20.2. The SMILES string of the molecule is O=C([C@H]1CO[C@H]2C=CC=C[C@@H]2O1)N1CCN(C(c2ccccc2)c2ccccc2)CC1. The molecule has 3 aliphatic rings. The zero-order chi connectivity index (χ0) is 21.0. The summed E-state index contributed by atoms with van der Waals surface area (Å²) in [5, 5.41) is 0. The van der Waals surface area contributed by atoms with E-state index in [2.05, 4.69) is 65.6 Å². The van der Waals surface area contributed by atoms with Crippen molar-refractivity contribution in [3.63, 3.8) is 0 Å². The highest BCUT2D eigenvalue weighted by Gasteiger charge is 2.37. The van der Waals surface area contributed by atoms with Gasteiger partial charge in [0.05, 0.1) is 12.6 Å². The molecule has 2 heterocycles. The normalized spacial score (nSPS) is 26.1. The molecule has 5 heteroatoms. The molecule has 0 aromatic heterocycles. The quantitative estimate of drug-likeness (QED) is 0.768. The number of ether oxygens (including phenoxy) is 2. The van der Waals surface area contributed by atoms with Crippen LogP contribution in [0.25, 0.3) is 0 Å². The van der Waals surface area contributed by atoms with Gasteiger partial charge in [0.1, 0.15) is 12.2 Å². The highest BCUT2D eigenvalue weighted by Crippen LogP contribution is 2.30. The maximum Gasteiger partial charge on any atom is 0.254 e. The van der Waals surface area contributed by atoms with Crippen LogP contribution < -0.4 is 0 Å². The molecule has 3 atom stereocenters. The minimum absolute atomic E-state index is 0.0389. The van der Waals surface area contributed by atoms with Gasteiger partial charge in [-0.05, 0) is 11.1 Å². The topological polar surface area (TPSA) is 42.0 Å². The second-order valence-corrected chi connectivity index (χ2v) is 8.24. The van der Waals surface area contributed by atoms with Crippen molar-refractivity contribution in [2.24, 2.45) is 0 Å². The lowest BCUT2D eigenvalue weighted by atomic mass is 9.96. The average Bonchev–Trinajstić information content (AvgIpc) is 2.85. The molecule has 0 saturated carbocycles. The Hall–Kier alpha value is -2.73. The lowest BCUT2D eigenvalue weighted by Gasteiger charge is -2.42. The van der Waals surface area contributed by atoms with Crippen molar-refractivity contribution in [2.75, 3.05) is 32.8 Å². The summed E-state index contributed by atoms with van der Waals surface area (Å²) in [6.45, 7) is 3.34. The standard InChI is InChI=1S/C26H28N2O3/c29-26(24-19-30-22-13-7-8-14-23(22)31-24)28-17-15-27(16-18-28)25(20-9-3-1-4-10-20)21-11-5-2-6-12-21/h1-14,22-25H,15-19H2/t22-,23-,24+/m0/s1. The third-order valence-electron chi connectivity index (χ3n) is 6.30. The Bertz CT molecular complexity index is 896. The van der Waals surface area contributed by atoms with Gasteiger partial charge in [0.15, 0.2) is 6.10 Å². The Labute approximate surface area is 183 Å². The maximum absolute atomic E-state index is 13.1. The third-order valence-corrected chi connectivity index (χ3v) is 6.30. The molecular formula is C26H28N2O3. The molecule has 0 bridgehead atoms. The Balaban J connectivity index is 1.25. The minimum Gasteiger partial charge on any atom is -0.368 e. The van der Waals surface area contributed by atoms with Crippen LogP contribution in [0.15, 0.2) is 85.0 Å². The van der Waals surface area contributed by atoms with Crippen molar-refractivity contribution in [3.05, 3.63) is 96.1 Å². The van der Waals surface area contributed by atoms with Crippen LogP contribution in [-0.2, 0) is 14.3 Å². The van der Waals surface area contributed by atoms with E-state index >= 15 is 0 Å². The van der Waals surface area contributed by atoms with E-state index < -0.39 is 6.10 Å². The van der Waals surface area contributed by atoms with Gasteiger partial charge in [0, 0.05) is 26.2 Å². The molecular weight excluding hydrogens is 388 g/mol. The molecule has 0 spiro atoms. The number of benzene rings is 2. The largest absolute Gasteiger partial charge is 0.368 e. The molecule has 2 aromatic rings. The first-order valence-electron chi connectivity index (χ1n) is 11.0. The molecule has 1 aliphatic carbocycles. The second-order valence-electron chi connectivity index (χ2n) is 8.24. The smallest absolute Gasteiger partial charge is 0.254 e. The van der Waals surface area contributed by atoms with Crippen LogP contribution in [0.2, 0.25) is 0 Å². The van der Waals surface area contributed by atoms with E-state index in [1.807, 2.05) is 29.2 Å². The highest BCUT2D eigenvalue weighted by atomic mass is 16.6. The second kappa shape index (κ2) is 9.18. The number of hydrogen-bond acceptors (Lipinski definition) is 4. The molecule has 160 valence electrons. The fraction of sp³-hybridized carbons (Fsp3) is 0.346. The van der Waals surface area contributed by atoms with E-state index in [1.165, 1.54) is 11.1 Å². The molecule has 0 unspecified atom stereocenters. The summed E-state index contributed by atoms with van der Waals surface area (Å²) < 4.78 is 11.9. The molecule has 2 fully saturated rings. The summed E-state index contributed by atoms with van der Waals surface area (Å²) in [5.41, 5.74) is 2.56. The Morgan fingerprint density at radius 3 is 2.00 bits per heavy atom. The zero-order valence-corrected chi connectivity index (χ0v) is 17.5. The van der Waals surface area contributed by atoms with Gasteiger partial charge in [-0.2, -0.15) is 0 Å². The lowest BCUT2D eigenvalue weighted by Crippen LogP contribution is -2.55. The molecule has 5 nitrogen and oxygen atoms in total. The number of hydrogen-bond donors (Lipinski definition) is 0. The van der Waals surface area contributed by atoms with Crippen LogP contribution in [0.4, 0.5) is 0 Å². The van der Waals surface area contributed by atoms with E-state index in [0.717, 1.165) is 13.1 Å². The monoisotopic (exact) mass is 416 g/mol. The maximum atomic E-state index is 13.1. The van der Waals surface area contributed by atoms with Gasteiger partial charge in [0.25, 0.3) is 5.91 Å². The average molecular weight is 417 g/mol. The van der Waals surface area contributed by atoms with Crippen molar-refractivity contribution < 1.29 is 14.3 Å². The van der Waals surface area contributed by atoms with Gasteiger partial charge in [-0.15, -0.1) is 0 Å². The predicted molar refractivity (Wildman–Crippen MR) is 120 cm³/mol. The molecule has 1 amide bonds. The van der Waals surface area contributed by atoms with E-state index in [4.69, 9.17) is 9.47 Å². The van der Waals surface area contributed by atoms with Gasteiger partial charge >= 0.3 is 0 Å². The predicted octanol–water partition coefficient (Wildman–Crippen LogP) is 3.20. The number of amides is 1. The summed E-state index contributed by atoms with van der Waals surface area (Å²) >= 11 is 0. The lowest BCUT2D eigenvalue weighted by molar-refractivity contribution is -0.177. The van der Waals surface area contributed by atoms with Gasteiger partial charge < -0.3 is 14.4 Å². The summed E-state index contributed by atoms with van der Waals surface area (Å²) in [6, 6.07) is 21.4. The van der Waals surface area contributed by atoms with Crippen LogP contribution in [0.1, 0.15) is 17.2 Å². The molecule has 2 aromatic carbocycles. The van der Waals surface area contributed by atoms with Crippen molar-refractivity contribution in [2.45, 2.75) is 24.4 Å². The fourth-order valence-electron chi connectivity index (χ4n) is 4.69. The molecule has 0 radical (unpaired) electrons. The zero-order valence-electron chi connectivity index (χ0n) is 17.5. The van der Waals surface area contributed by atoms with Crippen molar-refractivity contribution in [1.82, 2.24) is 9.80 Å². The van der Waals surface area contributed by atoms with E-state index in [1.54, 1.807) is 0 Å². The van der Waals surface area contributed by atoms with Crippen LogP contribution >= 0.6 is 0 Å². The van der Waals surface area contributed by atoms with Crippen LogP contribution in [0, 0.1) is 0 Å². The number of carbonyl (C=O) groups excluding carboxylic acids is 1. The van der Waals surface area contributed by atoms with Gasteiger partial charge in [-0.3, -0.25) is 9.69 Å². The van der Waals surface area contributed by atoms with Gasteiger partial charge in [-0.1, -0.05) is 85.0 Å². The summed E-state index contributed by atoms with van der Waals surface area (Å²) in [7, 11) is 0. The molecule has 2 saturated heterocycles. The molecule has 31 heavy (non-hydrogen) atoms. The molecule has 0 N–H and O–H groups in total.